The first-order valence-corrected chi connectivity index (χ1v) is 5.04. The number of aryl methyl sites for hydroxylation is 2. The molecule has 0 radical (unpaired) electrons. The van der Waals surface area contributed by atoms with Gasteiger partial charge in [0.2, 0.25) is 5.91 Å². The molecule has 16 heavy (non-hydrogen) atoms. The predicted octanol–water partition coefficient (Wildman–Crippen LogP) is 2.04. The zero-order chi connectivity index (χ0) is 11.6. The average Bonchev–Trinajstić information content (AvgIpc) is 2.15. The number of carbonyl (C=O) groups excluding carboxylic acids is 1. The van der Waals surface area contributed by atoms with Crippen molar-refractivity contribution < 1.29 is 4.79 Å². The van der Waals surface area contributed by atoms with E-state index in [1.165, 1.54) is 0 Å². The molecule has 0 fully saturated rings. The van der Waals surface area contributed by atoms with Gasteiger partial charge in [-0.3, -0.25) is 4.79 Å². The van der Waals surface area contributed by atoms with Gasteiger partial charge in [-0.2, -0.15) is 0 Å². The minimum Gasteiger partial charge on any atom is -0.320 e. The van der Waals surface area contributed by atoms with E-state index in [0.29, 0.717) is 0 Å². The maximum Gasteiger partial charge on any atom is 0.243 e. The van der Waals surface area contributed by atoms with Crippen molar-refractivity contribution in [3.05, 3.63) is 29.3 Å². The minimum absolute atomic E-state index is 0. The summed E-state index contributed by atoms with van der Waals surface area (Å²) in [7, 11) is 1.76. The number of amides is 1. The molecule has 2 N–H and O–H groups in total. The van der Waals surface area contributed by atoms with Gasteiger partial charge in [0.25, 0.3) is 0 Å². The van der Waals surface area contributed by atoms with Crippen LogP contribution in [0, 0.1) is 13.8 Å². The van der Waals surface area contributed by atoms with E-state index in [4.69, 9.17) is 5.73 Å². The van der Waals surface area contributed by atoms with E-state index in [2.05, 4.69) is 0 Å². The highest BCUT2D eigenvalue weighted by molar-refractivity contribution is 5.97. The maximum atomic E-state index is 11.7. The molecule has 0 aromatic heterocycles. The number of benzene rings is 1. The molecular formula is C12H19ClN2O. The summed E-state index contributed by atoms with van der Waals surface area (Å²) < 4.78 is 0. The second kappa shape index (κ2) is 5.87. The van der Waals surface area contributed by atoms with Gasteiger partial charge in [-0.1, -0.05) is 18.2 Å². The van der Waals surface area contributed by atoms with Gasteiger partial charge >= 0.3 is 0 Å². The highest BCUT2D eigenvalue weighted by atomic mass is 35.5. The van der Waals surface area contributed by atoms with Crippen LogP contribution in [0.15, 0.2) is 18.2 Å². The quantitative estimate of drug-likeness (QED) is 0.863. The van der Waals surface area contributed by atoms with Crippen LogP contribution < -0.4 is 10.6 Å². The Balaban J connectivity index is 0.00000225. The van der Waals surface area contributed by atoms with Gasteiger partial charge in [0.05, 0.1) is 6.04 Å². The third-order valence-corrected chi connectivity index (χ3v) is 2.50. The zero-order valence-electron chi connectivity index (χ0n) is 10.2. The van der Waals surface area contributed by atoms with E-state index >= 15 is 0 Å². The number of nitrogens with two attached hydrogens (primary N) is 1. The molecule has 1 unspecified atom stereocenters. The summed E-state index contributed by atoms with van der Waals surface area (Å²) >= 11 is 0. The zero-order valence-corrected chi connectivity index (χ0v) is 11.0. The minimum atomic E-state index is -0.464. The lowest BCUT2D eigenvalue weighted by Crippen LogP contribution is -2.40. The highest BCUT2D eigenvalue weighted by Crippen LogP contribution is 2.23. The standard InChI is InChI=1S/C12H18N2O.ClH/c1-8-6-5-7-9(2)11(8)14(4)12(15)10(3)13;/h5-7,10H,13H2,1-4H3;1H. The van der Waals surface area contributed by atoms with Gasteiger partial charge in [0.15, 0.2) is 0 Å². The van der Waals surface area contributed by atoms with Crippen LogP contribution in [0.5, 0.6) is 0 Å². The molecule has 0 bridgehead atoms. The molecule has 0 heterocycles. The van der Waals surface area contributed by atoms with Crippen LogP contribution in [-0.2, 0) is 4.79 Å². The Morgan fingerprint density at radius 2 is 1.75 bits per heavy atom. The first-order valence-electron chi connectivity index (χ1n) is 5.04. The lowest BCUT2D eigenvalue weighted by atomic mass is 10.1. The molecule has 4 heteroatoms. The van der Waals surface area contributed by atoms with Gasteiger partial charge in [-0.05, 0) is 31.9 Å². The molecule has 1 amide bonds. The number of carbonyl (C=O) groups is 1. The first-order chi connectivity index (χ1) is 6.95. The topological polar surface area (TPSA) is 46.3 Å². The number of para-hydroxylation sites is 1. The van der Waals surface area contributed by atoms with Crippen LogP contribution >= 0.6 is 12.4 Å². The van der Waals surface area contributed by atoms with Crippen LogP contribution in [0.25, 0.3) is 0 Å². The van der Waals surface area contributed by atoms with Crippen molar-refractivity contribution in [3.8, 4) is 0 Å². The molecule has 3 nitrogen and oxygen atoms in total. The lowest BCUT2D eigenvalue weighted by Gasteiger charge is -2.23. The van der Waals surface area contributed by atoms with Gasteiger partial charge in [-0.25, -0.2) is 0 Å². The van der Waals surface area contributed by atoms with Crippen molar-refractivity contribution in [2.75, 3.05) is 11.9 Å². The van der Waals surface area contributed by atoms with E-state index in [1.807, 2.05) is 32.0 Å². The maximum absolute atomic E-state index is 11.7. The Kier molecular flexibility index (Phi) is 5.48. The molecule has 0 saturated carbocycles. The summed E-state index contributed by atoms with van der Waals surface area (Å²) in [5.41, 5.74) is 8.72. The summed E-state index contributed by atoms with van der Waals surface area (Å²) in [5.74, 6) is -0.0626. The van der Waals surface area contributed by atoms with E-state index < -0.39 is 6.04 Å². The normalized spacial score (nSPS) is 11.6. The van der Waals surface area contributed by atoms with E-state index in [-0.39, 0.29) is 18.3 Å². The Morgan fingerprint density at radius 1 is 1.31 bits per heavy atom. The van der Waals surface area contributed by atoms with Gasteiger partial charge in [0, 0.05) is 12.7 Å². The lowest BCUT2D eigenvalue weighted by molar-refractivity contribution is -0.119. The number of hydrogen-bond donors (Lipinski definition) is 1. The fraction of sp³-hybridized carbons (Fsp3) is 0.417. The van der Waals surface area contributed by atoms with Crippen molar-refractivity contribution in [1.82, 2.24) is 0 Å². The van der Waals surface area contributed by atoms with Crippen LogP contribution in [-0.4, -0.2) is 19.0 Å². The molecule has 90 valence electrons. The number of anilines is 1. The Hall–Kier alpha value is -1.06. The number of hydrogen-bond acceptors (Lipinski definition) is 2. The number of nitrogens with zero attached hydrogens (tertiary/aromatic N) is 1. The van der Waals surface area contributed by atoms with Crippen molar-refractivity contribution in [2.45, 2.75) is 26.8 Å². The summed E-state index contributed by atoms with van der Waals surface area (Å²) in [5, 5.41) is 0. The third kappa shape index (κ3) is 2.97. The Bertz CT molecular complexity index is 357. The predicted molar refractivity (Wildman–Crippen MR) is 70.2 cm³/mol. The molecule has 1 rings (SSSR count). The summed E-state index contributed by atoms with van der Waals surface area (Å²) in [6.45, 7) is 5.69. The second-order valence-electron chi connectivity index (χ2n) is 3.93. The smallest absolute Gasteiger partial charge is 0.243 e. The first kappa shape index (κ1) is 14.9. The van der Waals surface area contributed by atoms with Crippen LogP contribution in [0.3, 0.4) is 0 Å². The van der Waals surface area contributed by atoms with Gasteiger partial charge in [-0.15, -0.1) is 12.4 Å². The molecule has 0 saturated heterocycles. The SMILES string of the molecule is Cc1cccc(C)c1N(C)C(=O)C(C)N.Cl. The monoisotopic (exact) mass is 242 g/mol. The summed E-state index contributed by atoms with van der Waals surface area (Å²) in [4.78, 5) is 13.4. The van der Waals surface area contributed by atoms with E-state index in [0.717, 1.165) is 16.8 Å². The molecule has 1 atom stereocenters. The molecular weight excluding hydrogens is 224 g/mol. The van der Waals surface area contributed by atoms with Crippen molar-refractivity contribution in [1.29, 1.82) is 0 Å². The van der Waals surface area contributed by atoms with Crippen LogP contribution in [0.4, 0.5) is 5.69 Å². The number of rotatable bonds is 2. The van der Waals surface area contributed by atoms with E-state index in [1.54, 1.807) is 18.9 Å². The molecule has 0 spiro atoms. The largest absolute Gasteiger partial charge is 0.320 e. The Morgan fingerprint density at radius 3 is 2.12 bits per heavy atom. The third-order valence-electron chi connectivity index (χ3n) is 2.50. The summed E-state index contributed by atoms with van der Waals surface area (Å²) in [6, 6.07) is 5.51. The van der Waals surface area contributed by atoms with Gasteiger partial charge < -0.3 is 10.6 Å². The summed E-state index contributed by atoms with van der Waals surface area (Å²) in [6.07, 6.45) is 0. The van der Waals surface area contributed by atoms with Crippen LogP contribution in [0.1, 0.15) is 18.1 Å². The molecule has 0 aliphatic heterocycles. The second-order valence-corrected chi connectivity index (χ2v) is 3.93. The Labute approximate surface area is 103 Å². The molecule has 0 aliphatic carbocycles. The molecule has 1 aromatic carbocycles. The highest BCUT2D eigenvalue weighted by Gasteiger charge is 2.17. The average molecular weight is 243 g/mol. The molecule has 1 aromatic rings. The van der Waals surface area contributed by atoms with Crippen LogP contribution in [0.2, 0.25) is 0 Å². The van der Waals surface area contributed by atoms with E-state index in [9.17, 15) is 4.79 Å². The van der Waals surface area contributed by atoms with Gasteiger partial charge in [0.1, 0.15) is 0 Å². The number of likely N-dealkylation sites (N-methyl/N-ethyl adjacent to an activating group) is 1. The molecule has 0 aliphatic rings. The fourth-order valence-electron chi connectivity index (χ4n) is 1.75. The van der Waals surface area contributed by atoms with Crippen molar-refractivity contribution >= 4 is 24.0 Å². The van der Waals surface area contributed by atoms with Crippen molar-refractivity contribution in [2.24, 2.45) is 5.73 Å². The fourth-order valence-corrected chi connectivity index (χ4v) is 1.75. The number of halogens is 1. The van der Waals surface area contributed by atoms with Crippen molar-refractivity contribution in [3.63, 3.8) is 0 Å².